The third kappa shape index (κ3) is 6.99. The van der Waals surface area contributed by atoms with Gasteiger partial charge in [-0.05, 0) is 36.4 Å². The molecule has 0 saturated carbocycles. The normalized spacial score (nSPS) is 14.4. The summed E-state index contributed by atoms with van der Waals surface area (Å²) in [6.45, 7) is 1.64. The van der Waals surface area contributed by atoms with Crippen molar-refractivity contribution >= 4 is 23.6 Å². The molecule has 1 aliphatic rings. The number of amidine groups is 1. The molecule has 34 heavy (non-hydrogen) atoms. The molecule has 0 radical (unpaired) electrons. The Hall–Kier alpha value is -4.53. The average molecular weight is 463 g/mol. The molecular formula is C25H25N3O6. The van der Waals surface area contributed by atoms with Crippen LogP contribution in [0, 0.1) is 5.41 Å². The Morgan fingerprint density at radius 2 is 1.71 bits per heavy atom. The predicted octanol–water partition coefficient (Wildman–Crippen LogP) is 4.26. The molecule has 0 aromatic heterocycles. The fraction of sp³-hybridized carbons (Fsp3) is 0.160. The number of nitrogens with zero attached hydrogens (tertiary/aromatic N) is 1. The quantitative estimate of drug-likeness (QED) is 0.352. The molecule has 1 heterocycles. The number of hydrogen-bond donors (Lipinski definition) is 3. The third-order valence-corrected chi connectivity index (χ3v) is 4.56. The van der Waals surface area contributed by atoms with Gasteiger partial charge in [-0.15, -0.1) is 0 Å². The molecule has 1 fully saturated rings. The van der Waals surface area contributed by atoms with Gasteiger partial charge < -0.3 is 25.1 Å². The maximum atomic E-state index is 12.3. The van der Waals surface area contributed by atoms with Crippen LogP contribution in [0.4, 0.5) is 10.5 Å². The number of ether oxygens (including phenoxy) is 3. The van der Waals surface area contributed by atoms with Gasteiger partial charge in [0.15, 0.2) is 6.10 Å². The number of carboxylic acids is 1. The molecule has 1 saturated heterocycles. The van der Waals surface area contributed by atoms with Gasteiger partial charge in [0.1, 0.15) is 29.7 Å². The van der Waals surface area contributed by atoms with E-state index in [0.29, 0.717) is 29.3 Å². The second kappa shape index (κ2) is 11.4. The number of carbonyl (C=O) groups excluding carboxylic acids is 1. The molecule has 4 N–H and O–H groups in total. The lowest BCUT2D eigenvalue weighted by Crippen LogP contribution is -2.27. The number of nitrogen functional groups attached to an aromatic ring is 1. The molecule has 3 aromatic carbocycles. The van der Waals surface area contributed by atoms with Crippen molar-refractivity contribution in [3.05, 3.63) is 84.4 Å². The highest BCUT2D eigenvalue weighted by atomic mass is 16.6. The van der Waals surface area contributed by atoms with E-state index in [0.717, 1.165) is 12.7 Å². The molecule has 9 heteroatoms. The van der Waals surface area contributed by atoms with Gasteiger partial charge in [-0.2, -0.15) is 0 Å². The topological polar surface area (TPSA) is 135 Å². The number of nitrogens with one attached hydrogen (secondary N) is 1. The second-order valence-corrected chi connectivity index (χ2v) is 7.30. The van der Waals surface area contributed by atoms with Gasteiger partial charge in [-0.25, -0.2) is 4.79 Å². The number of amides is 1. The van der Waals surface area contributed by atoms with E-state index in [9.17, 15) is 4.79 Å². The van der Waals surface area contributed by atoms with Gasteiger partial charge in [0.2, 0.25) is 0 Å². The standard InChI is InChI=1S/C23H21N3O4.C2H4O2/c24-22(25)16-6-4-7-17(12-16)26-14-21(30-23(26)27)15-28-19-10-5-11-20(13-19)29-18-8-2-1-3-9-18;1-2(3)4/h1-13,21H,14-15H2,(H3,24,25);1H3,(H,3,4). The number of carboxylic acid groups (broad SMARTS) is 1. The second-order valence-electron chi connectivity index (χ2n) is 7.30. The summed E-state index contributed by atoms with van der Waals surface area (Å²) in [7, 11) is 0. The minimum atomic E-state index is -0.833. The lowest BCUT2D eigenvalue weighted by molar-refractivity contribution is -0.134. The number of cyclic esters (lactones) is 1. The van der Waals surface area contributed by atoms with Gasteiger partial charge in [0, 0.05) is 24.2 Å². The summed E-state index contributed by atoms with van der Waals surface area (Å²) in [6, 6.07) is 23.7. The Labute approximate surface area is 196 Å². The number of anilines is 1. The summed E-state index contributed by atoms with van der Waals surface area (Å²) in [5.41, 5.74) is 6.72. The van der Waals surface area contributed by atoms with Crippen molar-refractivity contribution < 1.29 is 28.9 Å². The van der Waals surface area contributed by atoms with Crippen LogP contribution in [0.5, 0.6) is 17.2 Å². The largest absolute Gasteiger partial charge is 0.490 e. The maximum absolute atomic E-state index is 12.3. The smallest absolute Gasteiger partial charge is 0.414 e. The number of carbonyl (C=O) groups is 2. The molecule has 176 valence electrons. The average Bonchev–Trinajstić information content (AvgIpc) is 3.19. The van der Waals surface area contributed by atoms with Crippen LogP contribution in [-0.4, -0.2) is 42.3 Å². The first-order valence-corrected chi connectivity index (χ1v) is 10.4. The molecule has 1 aliphatic heterocycles. The summed E-state index contributed by atoms with van der Waals surface area (Å²) >= 11 is 0. The number of benzene rings is 3. The highest BCUT2D eigenvalue weighted by Crippen LogP contribution is 2.26. The lowest BCUT2D eigenvalue weighted by Gasteiger charge is -2.14. The Kier molecular flexibility index (Phi) is 8.07. The first kappa shape index (κ1) is 24.1. The summed E-state index contributed by atoms with van der Waals surface area (Å²) in [6.07, 6.45) is -0.873. The van der Waals surface area contributed by atoms with E-state index in [-0.39, 0.29) is 12.4 Å². The summed E-state index contributed by atoms with van der Waals surface area (Å²) < 4.78 is 17.1. The van der Waals surface area contributed by atoms with Crippen LogP contribution < -0.4 is 20.1 Å². The van der Waals surface area contributed by atoms with E-state index in [1.54, 1.807) is 30.3 Å². The molecule has 1 atom stereocenters. The zero-order valence-electron chi connectivity index (χ0n) is 18.5. The van der Waals surface area contributed by atoms with Crippen molar-refractivity contribution in [2.24, 2.45) is 5.73 Å². The van der Waals surface area contributed by atoms with Crippen LogP contribution >= 0.6 is 0 Å². The Morgan fingerprint density at radius 1 is 1.06 bits per heavy atom. The Balaban J connectivity index is 0.000000751. The maximum Gasteiger partial charge on any atom is 0.414 e. The number of aliphatic carboxylic acids is 1. The van der Waals surface area contributed by atoms with Crippen molar-refractivity contribution in [3.8, 4) is 17.2 Å². The number of hydrogen-bond acceptors (Lipinski definition) is 6. The van der Waals surface area contributed by atoms with Crippen molar-refractivity contribution in [2.75, 3.05) is 18.1 Å². The van der Waals surface area contributed by atoms with Crippen LogP contribution in [0.1, 0.15) is 12.5 Å². The number of rotatable bonds is 7. The SMILES string of the molecule is CC(=O)O.N=C(N)c1cccc(N2CC(COc3cccc(Oc4ccccc4)c3)OC2=O)c1. The van der Waals surface area contributed by atoms with E-state index in [4.69, 9.17) is 35.3 Å². The van der Waals surface area contributed by atoms with E-state index < -0.39 is 18.2 Å². The number of para-hydroxylation sites is 1. The summed E-state index contributed by atoms with van der Waals surface area (Å²) in [5, 5.41) is 15.0. The third-order valence-electron chi connectivity index (χ3n) is 4.56. The fourth-order valence-electron chi connectivity index (χ4n) is 3.10. The van der Waals surface area contributed by atoms with Crippen molar-refractivity contribution in [1.29, 1.82) is 5.41 Å². The van der Waals surface area contributed by atoms with E-state index in [1.807, 2.05) is 48.5 Å². The molecule has 4 rings (SSSR count). The number of nitrogens with two attached hydrogens (primary N) is 1. The lowest BCUT2D eigenvalue weighted by atomic mass is 10.1. The summed E-state index contributed by atoms with van der Waals surface area (Å²) in [5.74, 6) is 1.13. The first-order valence-electron chi connectivity index (χ1n) is 10.4. The molecule has 0 aliphatic carbocycles. The predicted molar refractivity (Wildman–Crippen MR) is 127 cm³/mol. The van der Waals surface area contributed by atoms with E-state index in [1.165, 1.54) is 4.90 Å². The van der Waals surface area contributed by atoms with Gasteiger partial charge in [-0.3, -0.25) is 15.1 Å². The van der Waals surface area contributed by atoms with Gasteiger partial charge >= 0.3 is 6.09 Å². The molecule has 0 spiro atoms. The van der Waals surface area contributed by atoms with Crippen molar-refractivity contribution in [2.45, 2.75) is 13.0 Å². The van der Waals surface area contributed by atoms with Crippen LogP contribution in [0.15, 0.2) is 78.9 Å². The van der Waals surface area contributed by atoms with Crippen molar-refractivity contribution in [1.82, 2.24) is 0 Å². The minimum Gasteiger partial charge on any atom is -0.490 e. The zero-order chi connectivity index (χ0) is 24.5. The fourth-order valence-corrected chi connectivity index (χ4v) is 3.10. The molecule has 1 amide bonds. The molecule has 1 unspecified atom stereocenters. The highest BCUT2D eigenvalue weighted by Gasteiger charge is 2.33. The minimum absolute atomic E-state index is 0.0538. The zero-order valence-corrected chi connectivity index (χ0v) is 18.5. The van der Waals surface area contributed by atoms with Crippen LogP contribution in [0.3, 0.4) is 0 Å². The van der Waals surface area contributed by atoms with Crippen molar-refractivity contribution in [3.63, 3.8) is 0 Å². The highest BCUT2D eigenvalue weighted by molar-refractivity contribution is 5.97. The molecule has 3 aromatic rings. The van der Waals surface area contributed by atoms with Crippen LogP contribution in [-0.2, 0) is 9.53 Å². The monoisotopic (exact) mass is 463 g/mol. The van der Waals surface area contributed by atoms with Crippen LogP contribution in [0.25, 0.3) is 0 Å². The van der Waals surface area contributed by atoms with Gasteiger partial charge in [-0.1, -0.05) is 36.4 Å². The van der Waals surface area contributed by atoms with Gasteiger partial charge in [0.25, 0.3) is 5.97 Å². The molecular weight excluding hydrogens is 438 g/mol. The molecule has 0 bridgehead atoms. The first-order chi connectivity index (χ1) is 16.3. The molecule has 9 nitrogen and oxygen atoms in total. The summed E-state index contributed by atoms with van der Waals surface area (Å²) in [4.78, 5) is 22.8. The Morgan fingerprint density at radius 3 is 2.41 bits per heavy atom. The van der Waals surface area contributed by atoms with Gasteiger partial charge in [0.05, 0.1) is 6.54 Å². The van der Waals surface area contributed by atoms with E-state index in [2.05, 4.69) is 0 Å². The van der Waals surface area contributed by atoms with Crippen LogP contribution in [0.2, 0.25) is 0 Å². The Bertz CT molecular complexity index is 1150. The van der Waals surface area contributed by atoms with E-state index >= 15 is 0 Å².